The van der Waals surface area contributed by atoms with E-state index in [0.29, 0.717) is 19.5 Å². The normalized spacial score (nSPS) is 18.1. The fourth-order valence-electron chi connectivity index (χ4n) is 2.55. The number of carbonyl (C=O) groups is 2. The van der Waals surface area contributed by atoms with Crippen molar-refractivity contribution in [3.63, 3.8) is 0 Å². The van der Waals surface area contributed by atoms with Crippen molar-refractivity contribution in [2.75, 3.05) is 13.1 Å². The number of carboxylic acids is 1. The minimum Gasteiger partial charge on any atom is -0.481 e. The van der Waals surface area contributed by atoms with Crippen LogP contribution in [-0.4, -0.2) is 44.7 Å². The summed E-state index contributed by atoms with van der Waals surface area (Å²) in [5.41, 5.74) is 1.88. The molecule has 0 radical (unpaired) electrons. The zero-order chi connectivity index (χ0) is 14.8. The third-order valence-electron chi connectivity index (χ3n) is 3.76. The maximum absolute atomic E-state index is 12.0. The summed E-state index contributed by atoms with van der Waals surface area (Å²) in [6.07, 6.45) is 4.08. The van der Waals surface area contributed by atoms with E-state index in [9.17, 15) is 9.59 Å². The highest BCUT2D eigenvalue weighted by molar-refractivity contribution is 5.77. The van der Waals surface area contributed by atoms with Crippen molar-refractivity contribution in [1.82, 2.24) is 19.8 Å². The molecule has 3 heterocycles. The second-order valence-electron chi connectivity index (χ2n) is 5.13. The Kier molecular flexibility index (Phi) is 3.47. The lowest BCUT2D eigenvalue weighted by Gasteiger charge is -2.16. The quantitative estimate of drug-likeness (QED) is 0.880. The monoisotopic (exact) mass is 288 g/mol. The lowest BCUT2D eigenvalue weighted by atomic mass is 10.1. The van der Waals surface area contributed by atoms with Gasteiger partial charge in [-0.1, -0.05) is 6.07 Å². The Balaban J connectivity index is 1.60. The molecule has 1 atom stereocenters. The van der Waals surface area contributed by atoms with E-state index in [1.54, 1.807) is 15.6 Å². The van der Waals surface area contributed by atoms with Crippen molar-refractivity contribution in [2.24, 2.45) is 5.92 Å². The van der Waals surface area contributed by atoms with Gasteiger partial charge in [-0.2, -0.15) is 5.10 Å². The number of fused-ring (bicyclic) bond motifs is 1. The largest absolute Gasteiger partial charge is 0.481 e. The molecule has 2 amide bonds. The molecule has 110 valence electrons. The molecular weight excluding hydrogens is 272 g/mol. The van der Waals surface area contributed by atoms with Crippen molar-refractivity contribution in [3.05, 3.63) is 36.2 Å². The Bertz CT molecular complexity index is 682. The van der Waals surface area contributed by atoms with E-state index < -0.39 is 11.9 Å². The molecule has 21 heavy (non-hydrogen) atoms. The number of urea groups is 1. The SMILES string of the molecule is O=C(O)C1CCN(C(=O)NCc2cnn3ccccc23)C1. The second-order valence-corrected chi connectivity index (χ2v) is 5.13. The van der Waals surface area contributed by atoms with Crippen LogP contribution in [0.5, 0.6) is 0 Å². The topological polar surface area (TPSA) is 86.9 Å². The number of nitrogens with zero attached hydrogens (tertiary/aromatic N) is 3. The molecule has 0 bridgehead atoms. The molecule has 1 fully saturated rings. The number of rotatable bonds is 3. The molecule has 0 aromatic carbocycles. The number of nitrogens with one attached hydrogen (secondary N) is 1. The van der Waals surface area contributed by atoms with Gasteiger partial charge in [0, 0.05) is 31.4 Å². The number of amides is 2. The first-order valence-corrected chi connectivity index (χ1v) is 6.82. The molecule has 0 aliphatic carbocycles. The Labute approximate surface area is 121 Å². The van der Waals surface area contributed by atoms with Crippen LogP contribution in [0.15, 0.2) is 30.6 Å². The molecular formula is C14H16N4O3. The van der Waals surface area contributed by atoms with E-state index in [1.165, 1.54) is 0 Å². The van der Waals surface area contributed by atoms with Gasteiger partial charge >= 0.3 is 12.0 Å². The highest BCUT2D eigenvalue weighted by Crippen LogP contribution is 2.16. The Morgan fingerprint density at radius 3 is 3.05 bits per heavy atom. The number of hydrogen-bond acceptors (Lipinski definition) is 3. The van der Waals surface area contributed by atoms with E-state index in [4.69, 9.17) is 5.11 Å². The summed E-state index contributed by atoms with van der Waals surface area (Å²) in [5.74, 6) is -1.29. The van der Waals surface area contributed by atoms with Crippen LogP contribution in [0.4, 0.5) is 4.79 Å². The van der Waals surface area contributed by atoms with E-state index in [-0.39, 0.29) is 12.6 Å². The maximum Gasteiger partial charge on any atom is 0.317 e. The number of hydrogen-bond donors (Lipinski definition) is 2. The zero-order valence-corrected chi connectivity index (χ0v) is 11.4. The first-order valence-electron chi connectivity index (χ1n) is 6.82. The van der Waals surface area contributed by atoms with Gasteiger partial charge in [0.1, 0.15) is 0 Å². The molecule has 2 aromatic heterocycles. The van der Waals surface area contributed by atoms with Crippen molar-refractivity contribution in [3.8, 4) is 0 Å². The summed E-state index contributed by atoms with van der Waals surface area (Å²) in [6.45, 7) is 1.13. The number of pyridine rings is 1. The van der Waals surface area contributed by atoms with Crippen LogP contribution in [0.25, 0.3) is 5.52 Å². The van der Waals surface area contributed by atoms with Gasteiger partial charge in [-0.3, -0.25) is 4.79 Å². The predicted octanol–water partition coefficient (Wildman–Crippen LogP) is 0.950. The molecule has 1 aliphatic rings. The molecule has 7 heteroatoms. The summed E-state index contributed by atoms with van der Waals surface area (Å²) < 4.78 is 1.75. The average Bonchev–Trinajstić information content (AvgIpc) is 3.12. The van der Waals surface area contributed by atoms with Crippen molar-refractivity contribution < 1.29 is 14.7 Å². The fraction of sp³-hybridized carbons (Fsp3) is 0.357. The highest BCUT2D eigenvalue weighted by Gasteiger charge is 2.30. The summed E-state index contributed by atoms with van der Waals surface area (Å²) in [6, 6.07) is 5.51. The van der Waals surface area contributed by atoms with Crippen LogP contribution in [0.2, 0.25) is 0 Å². The van der Waals surface area contributed by atoms with Crippen molar-refractivity contribution in [1.29, 1.82) is 0 Å². The van der Waals surface area contributed by atoms with Crippen LogP contribution in [-0.2, 0) is 11.3 Å². The molecule has 3 rings (SSSR count). The lowest BCUT2D eigenvalue weighted by molar-refractivity contribution is -0.141. The van der Waals surface area contributed by atoms with Crippen molar-refractivity contribution in [2.45, 2.75) is 13.0 Å². The van der Waals surface area contributed by atoms with E-state index >= 15 is 0 Å². The smallest absolute Gasteiger partial charge is 0.317 e. The molecule has 1 saturated heterocycles. The van der Waals surface area contributed by atoms with Crippen molar-refractivity contribution >= 4 is 17.5 Å². The molecule has 2 N–H and O–H groups in total. The molecule has 1 unspecified atom stereocenters. The van der Waals surface area contributed by atoms with Gasteiger partial charge in [-0.25, -0.2) is 9.31 Å². The fourth-order valence-corrected chi connectivity index (χ4v) is 2.55. The number of carboxylic acid groups (broad SMARTS) is 1. The Hall–Kier alpha value is -2.57. The minimum atomic E-state index is -0.840. The molecule has 0 spiro atoms. The van der Waals surface area contributed by atoms with E-state index in [1.807, 2.05) is 24.4 Å². The van der Waals surface area contributed by atoms with Gasteiger partial charge in [0.25, 0.3) is 0 Å². The van der Waals surface area contributed by atoms with E-state index in [0.717, 1.165) is 11.1 Å². The van der Waals surface area contributed by atoms with Crippen LogP contribution >= 0.6 is 0 Å². The van der Waals surface area contributed by atoms with Crippen LogP contribution in [0.1, 0.15) is 12.0 Å². The number of likely N-dealkylation sites (tertiary alicyclic amines) is 1. The predicted molar refractivity (Wildman–Crippen MR) is 74.7 cm³/mol. The Morgan fingerprint density at radius 1 is 1.43 bits per heavy atom. The van der Waals surface area contributed by atoms with Crippen LogP contribution in [0, 0.1) is 5.92 Å². The zero-order valence-electron chi connectivity index (χ0n) is 11.4. The first kappa shape index (κ1) is 13.4. The van der Waals surface area contributed by atoms with Gasteiger partial charge < -0.3 is 15.3 Å². The lowest BCUT2D eigenvalue weighted by Crippen LogP contribution is -2.38. The minimum absolute atomic E-state index is 0.228. The number of carbonyl (C=O) groups excluding carboxylic acids is 1. The van der Waals surface area contributed by atoms with Gasteiger partial charge in [-0.05, 0) is 18.6 Å². The first-order chi connectivity index (χ1) is 10.1. The third kappa shape index (κ3) is 2.67. The number of aromatic nitrogens is 2. The molecule has 0 saturated carbocycles. The standard InChI is InChI=1S/C14H16N4O3/c19-13(20)10-4-6-17(9-10)14(21)15-7-11-8-16-18-5-2-1-3-12(11)18/h1-3,5,8,10H,4,6-7,9H2,(H,15,21)(H,19,20). The van der Waals surface area contributed by atoms with Gasteiger partial charge in [0.05, 0.1) is 17.6 Å². The van der Waals surface area contributed by atoms with Crippen LogP contribution < -0.4 is 5.32 Å². The maximum atomic E-state index is 12.0. The van der Waals surface area contributed by atoms with Gasteiger partial charge in [-0.15, -0.1) is 0 Å². The molecule has 2 aromatic rings. The summed E-state index contributed by atoms with van der Waals surface area (Å²) in [4.78, 5) is 24.5. The van der Waals surface area contributed by atoms with Gasteiger partial charge in [0.15, 0.2) is 0 Å². The third-order valence-corrected chi connectivity index (χ3v) is 3.76. The molecule has 1 aliphatic heterocycles. The number of aliphatic carboxylic acids is 1. The van der Waals surface area contributed by atoms with Gasteiger partial charge in [0.2, 0.25) is 0 Å². The van der Waals surface area contributed by atoms with Crippen LogP contribution in [0.3, 0.4) is 0 Å². The summed E-state index contributed by atoms with van der Waals surface area (Å²) >= 11 is 0. The summed E-state index contributed by atoms with van der Waals surface area (Å²) in [7, 11) is 0. The highest BCUT2D eigenvalue weighted by atomic mass is 16.4. The summed E-state index contributed by atoms with van der Waals surface area (Å²) in [5, 5.41) is 16.0. The Morgan fingerprint density at radius 2 is 2.29 bits per heavy atom. The average molecular weight is 288 g/mol. The molecule has 7 nitrogen and oxygen atoms in total. The van der Waals surface area contributed by atoms with E-state index in [2.05, 4.69) is 10.4 Å². The second kappa shape index (κ2) is 5.43.